The molecule has 1 aliphatic carbocycles. The SMILES string of the molecule is NC(=O)CC1(NC(=O)Cc2ccc(Cl)c(Cl)c2)CCC1. The fraction of sp³-hybridized carbons (Fsp3) is 0.429. The summed E-state index contributed by atoms with van der Waals surface area (Å²) >= 11 is 11.7. The molecule has 0 atom stereocenters. The van der Waals surface area contributed by atoms with E-state index in [1.165, 1.54) is 0 Å². The van der Waals surface area contributed by atoms with Crippen molar-refractivity contribution in [3.63, 3.8) is 0 Å². The van der Waals surface area contributed by atoms with Gasteiger partial charge in [0.1, 0.15) is 0 Å². The first kappa shape index (κ1) is 15.1. The lowest BCUT2D eigenvalue weighted by Crippen LogP contribution is -2.55. The van der Waals surface area contributed by atoms with Crippen LogP contribution in [0.4, 0.5) is 0 Å². The van der Waals surface area contributed by atoms with E-state index >= 15 is 0 Å². The Hall–Kier alpha value is -1.26. The molecule has 20 heavy (non-hydrogen) atoms. The summed E-state index contributed by atoms with van der Waals surface area (Å²) < 4.78 is 0. The highest BCUT2D eigenvalue weighted by Gasteiger charge is 2.39. The summed E-state index contributed by atoms with van der Waals surface area (Å²) in [7, 11) is 0. The molecule has 108 valence electrons. The van der Waals surface area contributed by atoms with Crippen molar-refractivity contribution in [1.82, 2.24) is 5.32 Å². The van der Waals surface area contributed by atoms with Gasteiger partial charge in [-0.15, -0.1) is 0 Å². The quantitative estimate of drug-likeness (QED) is 0.876. The van der Waals surface area contributed by atoms with E-state index in [1.54, 1.807) is 18.2 Å². The molecule has 6 heteroatoms. The van der Waals surface area contributed by atoms with E-state index < -0.39 is 5.54 Å². The Labute approximate surface area is 127 Å². The molecule has 0 saturated heterocycles. The molecule has 0 unspecified atom stereocenters. The third kappa shape index (κ3) is 3.64. The molecule has 1 aromatic rings. The van der Waals surface area contributed by atoms with Crippen LogP contribution in [-0.2, 0) is 16.0 Å². The molecular weight excluding hydrogens is 299 g/mol. The van der Waals surface area contributed by atoms with Crippen LogP contribution >= 0.6 is 23.2 Å². The molecule has 1 aliphatic rings. The standard InChI is InChI=1S/C14H16Cl2N2O2/c15-10-3-2-9(6-11(10)16)7-13(20)18-14(4-1-5-14)8-12(17)19/h2-3,6H,1,4-5,7-8H2,(H2,17,19)(H,18,20). The van der Waals surface area contributed by atoms with Crippen molar-refractivity contribution >= 4 is 35.0 Å². The van der Waals surface area contributed by atoms with E-state index in [2.05, 4.69) is 5.32 Å². The summed E-state index contributed by atoms with van der Waals surface area (Å²) in [6.07, 6.45) is 2.99. The number of carbonyl (C=O) groups excluding carboxylic acids is 2. The molecule has 0 aliphatic heterocycles. The molecule has 1 aromatic carbocycles. The van der Waals surface area contributed by atoms with E-state index in [0.29, 0.717) is 10.0 Å². The van der Waals surface area contributed by atoms with Crippen molar-refractivity contribution in [1.29, 1.82) is 0 Å². The van der Waals surface area contributed by atoms with Crippen molar-refractivity contribution in [2.24, 2.45) is 5.73 Å². The summed E-state index contributed by atoms with van der Waals surface area (Å²) in [6.45, 7) is 0. The Morgan fingerprint density at radius 3 is 2.45 bits per heavy atom. The predicted molar refractivity (Wildman–Crippen MR) is 78.7 cm³/mol. The molecule has 0 spiro atoms. The Morgan fingerprint density at radius 1 is 1.25 bits per heavy atom. The number of hydrogen-bond donors (Lipinski definition) is 2. The zero-order valence-corrected chi connectivity index (χ0v) is 12.4. The lowest BCUT2D eigenvalue weighted by Gasteiger charge is -2.41. The van der Waals surface area contributed by atoms with Crippen LogP contribution in [0.3, 0.4) is 0 Å². The summed E-state index contributed by atoms with van der Waals surface area (Å²) in [6, 6.07) is 5.09. The van der Waals surface area contributed by atoms with E-state index in [4.69, 9.17) is 28.9 Å². The molecule has 2 amide bonds. The van der Waals surface area contributed by atoms with Crippen LogP contribution < -0.4 is 11.1 Å². The van der Waals surface area contributed by atoms with Crippen molar-refractivity contribution < 1.29 is 9.59 Å². The van der Waals surface area contributed by atoms with E-state index in [1.807, 2.05) is 0 Å². The van der Waals surface area contributed by atoms with Gasteiger partial charge in [0, 0.05) is 12.0 Å². The van der Waals surface area contributed by atoms with Gasteiger partial charge in [-0.05, 0) is 37.0 Å². The van der Waals surface area contributed by atoms with Gasteiger partial charge in [-0.25, -0.2) is 0 Å². The van der Waals surface area contributed by atoms with Crippen molar-refractivity contribution in [3.8, 4) is 0 Å². The van der Waals surface area contributed by atoms with Crippen LogP contribution in [0.25, 0.3) is 0 Å². The number of hydrogen-bond acceptors (Lipinski definition) is 2. The molecule has 0 bridgehead atoms. The van der Waals surface area contributed by atoms with E-state index in [9.17, 15) is 9.59 Å². The Balaban J connectivity index is 1.97. The highest BCUT2D eigenvalue weighted by Crippen LogP contribution is 2.34. The van der Waals surface area contributed by atoms with Gasteiger partial charge in [0.05, 0.1) is 16.5 Å². The molecule has 0 radical (unpaired) electrons. The molecule has 1 fully saturated rings. The van der Waals surface area contributed by atoms with Crippen LogP contribution in [0.5, 0.6) is 0 Å². The molecule has 1 saturated carbocycles. The number of nitrogens with one attached hydrogen (secondary N) is 1. The van der Waals surface area contributed by atoms with Gasteiger partial charge < -0.3 is 11.1 Å². The number of nitrogens with two attached hydrogens (primary N) is 1. The Bertz CT molecular complexity index is 542. The number of halogens is 2. The van der Waals surface area contributed by atoms with Crippen molar-refractivity contribution in [3.05, 3.63) is 33.8 Å². The molecular formula is C14H16Cl2N2O2. The monoisotopic (exact) mass is 314 g/mol. The van der Waals surface area contributed by atoms with Gasteiger partial charge >= 0.3 is 0 Å². The zero-order chi connectivity index (χ0) is 14.8. The topological polar surface area (TPSA) is 72.2 Å². The summed E-state index contributed by atoms with van der Waals surface area (Å²) in [5.41, 5.74) is 5.57. The van der Waals surface area contributed by atoms with Crippen LogP contribution in [0.15, 0.2) is 18.2 Å². The lowest BCUT2D eigenvalue weighted by molar-refractivity contribution is -0.125. The van der Waals surface area contributed by atoms with Gasteiger partial charge in [-0.2, -0.15) is 0 Å². The summed E-state index contributed by atoms with van der Waals surface area (Å²) in [4.78, 5) is 23.1. The maximum absolute atomic E-state index is 12.1. The van der Waals surface area contributed by atoms with E-state index in [-0.39, 0.29) is 24.7 Å². The largest absolute Gasteiger partial charge is 0.370 e. The molecule has 2 rings (SSSR count). The summed E-state index contributed by atoms with van der Waals surface area (Å²) in [5.74, 6) is -0.524. The molecule has 0 aromatic heterocycles. The van der Waals surface area contributed by atoms with Crippen LogP contribution in [-0.4, -0.2) is 17.4 Å². The van der Waals surface area contributed by atoms with Gasteiger partial charge in [-0.3, -0.25) is 9.59 Å². The van der Waals surface area contributed by atoms with Gasteiger partial charge in [-0.1, -0.05) is 29.3 Å². The van der Waals surface area contributed by atoms with E-state index in [0.717, 1.165) is 24.8 Å². The van der Waals surface area contributed by atoms with Crippen LogP contribution in [0, 0.1) is 0 Å². The highest BCUT2D eigenvalue weighted by molar-refractivity contribution is 6.42. The average Bonchev–Trinajstić information content (AvgIpc) is 2.30. The lowest BCUT2D eigenvalue weighted by atomic mass is 9.74. The van der Waals surface area contributed by atoms with Gasteiger partial charge in [0.25, 0.3) is 0 Å². The third-order valence-electron chi connectivity index (χ3n) is 3.58. The van der Waals surface area contributed by atoms with Gasteiger partial charge in [0.2, 0.25) is 11.8 Å². The fourth-order valence-corrected chi connectivity index (χ4v) is 2.78. The minimum atomic E-state index is -0.445. The fourth-order valence-electron chi connectivity index (χ4n) is 2.46. The Kier molecular flexibility index (Phi) is 4.55. The number of benzene rings is 1. The minimum Gasteiger partial charge on any atom is -0.370 e. The second kappa shape index (κ2) is 6.02. The number of carbonyl (C=O) groups is 2. The molecule has 3 N–H and O–H groups in total. The van der Waals surface area contributed by atoms with Crippen LogP contribution in [0.2, 0.25) is 10.0 Å². The number of primary amides is 1. The minimum absolute atomic E-state index is 0.135. The van der Waals surface area contributed by atoms with Crippen molar-refractivity contribution in [2.75, 3.05) is 0 Å². The molecule has 4 nitrogen and oxygen atoms in total. The first-order chi connectivity index (χ1) is 9.40. The van der Waals surface area contributed by atoms with Gasteiger partial charge in [0.15, 0.2) is 0 Å². The zero-order valence-electron chi connectivity index (χ0n) is 10.9. The maximum Gasteiger partial charge on any atom is 0.224 e. The second-order valence-corrected chi connectivity index (χ2v) is 6.06. The first-order valence-corrected chi connectivity index (χ1v) is 7.19. The first-order valence-electron chi connectivity index (χ1n) is 6.43. The van der Waals surface area contributed by atoms with Crippen molar-refractivity contribution in [2.45, 2.75) is 37.6 Å². The normalized spacial score (nSPS) is 16.3. The average molecular weight is 315 g/mol. The maximum atomic E-state index is 12.1. The third-order valence-corrected chi connectivity index (χ3v) is 4.32. The highest BCUT2D eigenvalue weighted by atomic mass is 35.5. The number of rotatable bonds is 5. The smallest absolute Gasteiger partial charge is 0.224 e. The second-order valence-electron chi connectivity index (χ2n) is 5.25. The summed E-state index contributed by atoms with van der Waals surface area (Å²) in [5, 5.41) is 3.81. The predicted octanol–water partition coefficient (Wildman–Crippen LogP) is 2.45. The molecule has 0 heterocycles. The Morgan fingerprint density at radius 2 is 1.95 bits per heavy atom. The number of amides is 2. The van der Waals surface area contributed by atoms with Crippen LogP contribution in [0.1, 0.15) is 31.2 Å².